The predicted molar refractivity (Wildman–Crippen MR) is 76.5 cm³/mol. The number of rotatable bonds is 8. The zero-order valence-electron chi connectivity index (χ0n) is 11.6. The van der Waals surface area contributed by atoms with Gasteiger partial charge in [0.1, 0.15) is 5.01 Å². The van der Waals surface area contributed by atoms with Crippen molar-refractivity contribution < 1.29 is 9.90 Å². The summed E-state index contributed by atoms with van der Waals surface area (Å²) in [6.45, 7) is 5.09. The minimum atomic E-state index is -0.221. The Morgan fingerprint density at radius 3 is 2.74 bits per heavy atom. The van der Waals surface area contributed by atoms with Gasteiger partial charge in [0.2, 0.25) is 5.13 Å². The van der Waals surface area contributed by atoms with Crippen molar-refractivity contribution in [2.45, 2.75) is 39.5 Å². The van der Waals surface area contributed by atoms with E-state index in [1.165, 1.54) is 11.3 Å². The molecule has 2 amide bonds. The summed E-state index contributed by atoms with van der Waals surface area (Å²) < 4.78 is 0. The number of hydrogen-bond donors (Lipinski definition) is 2. The summed E-state index contributed by atoms with van der Waals surface area (Å²) in [5.74, 6) is 0. The quantitative estimate of drug-likeness (QED) is 0.767. The average Bonchev–Trinajstić information content (AvgIpc) is 2.82. The number of nitrogens with zero attached hydrogens (tertiary/aromatic N) is 3. The lowest BCUT2D eigenvalue weighted by Gasteiger charge is -2.20. The Morgan fingerprint density at radius 1 is 1.32 bits per heavy atom. The van der Waals surface area contributed by atoms with E-state index >= 15 is 0 Å². The van der Waals surface area contributed by atoms with Gasteiger partial charge in [-0.15, -0.1) is 10.2 Å². The van der Waals surface area contributed by atoms with Gasteiger partial charge in [-0.25, -0.2) is 4.79 Å². The van der Waals surface area contributed by atoms with Crippen molar-refractivity contribution >= 4 is 22.5 Å². The first-order valence-electron chi connectivity index (χ1n) is 6.70. The Labute approximate surface area is 117 Å². The SMILES string of the molecule is CCCCN(CCO)C(=O)Nc1nnc(CCC)s1. The maximum absolute atomic E-state index is 12.0. The molecule has 1 aromatic rings. The molecule has 1 heterocycles. The van der Waals surface area contributed by atoms with Gasteiger partial charge in [0.15, 0.2) is 0 Å². The lowest BCUT2D eigenvalue weighted by molar-refractivity contribution is 0.187. The van der Waals surface area contributed by atoms with E-state index in [9.17, 15) is 4.79 Å². The van der Waals surface area contributed by atoms with Crippen LogP contribution in [0.15, 0.2) is 0 Å². The van der Waals surface area contributed by atoms with Gasteiger partial charge in [0, 0.05) is 19.5 Å². The normalized spacial score (nSPS) is 10.5. The molecule has 7 heteroatoms. The molecule has 0 bridgehead atoms. The number of nitrogens with one attached hydrogen (secondary N) is 1. The second-order valence-corrected chi connectivity index (χ2v) is 5.31. The van der Waals surface area contributed by atoms with Gasteiger partial charge in [0.05, 0.1) is 6.61 Å². The number of amides is 2. The van der Waals surface area contributed by atoms with Crippen LogP contribution >= 0.6 is 11.3 Å². The first-order valence-corrected chi connectivity index (χ1v) is 7.52. The number of aryl methyl sites for hydroxylation is 1. The van der Waals surface area contributed by atoms with Crippen molar-refractivity contribution in [3.63, 3.8) is 0 Å². The van der Waals surface area contributed by atoms with Crippen LogP contribution in [0, 0.1) is 0 Å². The highest BCUT2D eigenvalue weighted by Crippen LogP contribution is 2.17. The minimum absolute atomic E-state index is 0.0334. The molecule has 0 saturated heterocycles. The smallest absolute Gasteiger partial charge is 0.323 e. The standard InChI is InChI=1S/C12H22N4O2S/c1-3-5-7-16(8-9-17)12(18)13-11-15-14-10(19-11)6-4-2/h17H,3-9H2,1-2H3,(H,13,15,18). The average molecular weight is 286 g/mol. The predicted octanol–water partition coefficient (Wildman–Crippen LogP) is 2.12. The van der Waals surface area contributed by atoms with Crippen LogP contribution < -0.4 is 5.32 Å². The molecule has 0 unspecified atom stereocenters. The van der Waals surface area contributed by atoms with Crippen molar-refractivity contribution in [2.75, 3.05) is 25.0 Å². The van der Waals surface area contributed by atoms with Gasteiger partial charge in [-0.05, 0) is 12.8 Å². The van der Waals surface area contributed by atoms with E-state index < -0.39 is 0 Å². The fraction of sp³-hybridized carbons (Fsp3) is 0.750. The third-order valence-electron chi connectivity index (χ3n) is 2.58. The lowest BCUT2D eigenvalue weighted by Crippen LogP contribution is -2.37. The number of hydrogen-bond acceptors (Lipinski definition) is 5. The summed E-state index contributed by atoms with van der Waals surface area (Å²) in [4.78, 5) is 13.6. The van der Waals surface area contributed by atoms with Crippen molar-refractivity contribution in [1.29, 1.82) is 0 Å². The molecule has 0 aliphatic rings. The van der Waals surface area contributed by atoms with Crippen LogP contribution in [0.3, 0.4) is 0 Å². The maximum atomic E-state index is 12.0. The zero-order chi connectivity index (χ0) is 14.1. The third-order valence-corrected chi connectivity index (χ3v) is 3.48. The Morgan fingerprint density at radius 2 is 2.11 bits per heavy atom. The molecular formula is C12H22N4O2S. The first kappa shape index (κ1) is 15.8. The van der Waals surface area contributed by atoms with Gasteiger partial charge in [-0.1, -0.05) is 31.6 Å². The fourth-order valence-electron chi connectivity index (χ4n) is 1.57. The molecule has 0 atom stereocenters. The highest BCUT2D eigenvalue weighted by Gasteiger charge is 2.14. The summed E-state index contributed by atoms with van der Waals surface area (Å²) in [7, 11) is 0. The fourth-order valence-corrected chi connectivity index (χ4v) is 2.41. The Balaban J connectivity index is 2.53. The summed E-state index contributed by atoms with van der Waals surface area (Å²) in [5.41, 5.74) is 0. The van der Waals surface area contributed by atoms with E-state index in [2.05, 4.69) is 29.4 Å². The Bertz CT molecular complexity index is 384. The van der Waals surface area contributed by atoms with Crippen LogP contribution in [-0.4, -0.2) is 45.9 Å². The van der Waals surface area contributed by atoms with E-state index in [4.69, 9.17) is 5.11 Å². The van der Waals surface area contributed by atoms with Crippen LogP contribution in [0.5, 0.6) is 0 Å². The molecule has 0 aliphatic carbocycles. The van der Waals surface area contributed by atoms with Crippen LogP contribution in [0.25, 0.3) is 0 Å². The molecule has 0 radical (unpaired) electrons. The monoisotopic (exact) mass is 286 g/mol. The number of aliphatic hydroxyl groups excluding tert-OH is 1. The Kier molecular flexibility index (Phi) is 7.35. The molecular weight excluding hydrogens is 264 g/mol. The number of unbranched alkanes of at least 4 members (excludes halogenated alkanes) is 1. The molecule has 19 heavy (non-hydrogen) atoms. The van der Waals surface area contributed by atoms with E-state index in [0.717, 1.165) is 30.7 Å². The first-order chi connectivity index (χ1) is 9.21. The second-order valence-electron chi connectivity index (χ2n) is 4.25. The highest BCUT2D eigenvalue weighted by molar-refractivity contribution is 7.15. The van der Waals surface area contributed by atoms with Gasteiger partial charge in [0.25, 0.3) is 0 Å². The van der Waals surface area contributed by atoms with Gasteiger partial charge in [-0.2, -0.15) is 0 Å². The number of aliphatic hydroxyl groups is 1. The second kappa shape index (κ2) is 8.82. The molecule has 0 spiro atoms. The summed E-state index contributed by atoms with van der Waals surface area (Å²) in [6.07, 6.45) is 3.82. The van der Waals surface area contributed by atoms with Crippen LogP contribution in [0.2, 0.25) is 0 Å². The Hall–Kier alpha value is -1.21. The molecule has 6 nitrogen and oxygen atoms in total. The van der Waals surface area contributed by atoms with Gasteiger partial charge in [-0.3, -0.25) is 5.32 Å². The van der Waals surface area contributed by atoms with Crippen LogP contribution in [-0.2, 0) is 6.42 Å². The number of anilines is 1. The van der Waals surface area contributed by atoms with Crippen LogP contribution in [0.1, 0.15) is 38.1 Å². The minimum Gasteiger partial charge on any atom is -0.395 e. The number of urea groups is 1. The summed E-state index contributed by atoms with van der Waals surface area (Å²) in [5, 5.41) is 21.1. The zero-order valence-corrected chi connectivity index (χ0v) is 12.4. The van der Waals surface area contributed by atoms with E-state index in [0.29, 0.717) is 18.2 Å². The van der Waals surface area contributed by atoms with Crippen molar-refractivity contribution in [2.24, 2.45) is 0 Å². The molecule has 0 aliphatic heterocycles. The largest absolute Gasteiger partial charge is 0.395 e. The molecule has 1 rings (SSSR count). The number of carbonyl (C=O) groups excluding carboxylic acids is 1. The summed E-state index contributed by atoms with van der Waals surface area (Å²) in [6, 6.07) is -0.221. The highest BCUT2D eigenvalue weighted by atomic mass is 32.1. The lowest BCUT2D eigenvalue weighted by atomic mass is 10.3. The topological polar surface area (TPSA) is 78.4 Å². The number of carbonyl (C=O) groups is 1. The third kappa shape index (κ3) is 5.52. The summed E-state index contributed by atoms with van der Waals surface area (Å²) >= 11 is 1.40. The van der Waals surface area contributed by atoms with E-state index in [1.807, 2.05) is 0 Å². The molecule has 0 saturated carbocycles. The van der Waals surface area contributed by atoms with E-state index in [-0.39, 0.29) is 12.6 Å². The molecule has 2 N–H and O–H groups in total. The number of aromatic nitrogens is 2. The van der Waals surface area contributed by atoms with Gasteiger partial charge >= 0.3 is 6.03 Å². The van der Waals surface area contributed by atoms with Gasteiger partial charge < -0.3 is 10.0 Å². The molecule has 1 aromatic heterocycles. The maximum Gasteiger partial charge on any atom is 0.323 e. The molecule has 0 fully saturated rings. The van der Waals surface area contributed by atoms with Crippen molar-refractivity contribution in [3.8, 4) is 0 Å². The van der Waals surface area contributed by atoms with Crippen molar-refractivity contribution in [1.82, 2.24) is 15.1 Å². The van der Waals surface area contributed by atoms with E-state index in [1.54, 1.807) is 4.90 Å². The molecule has 108 valence electrons. The molecule has 0 aromatic carbocycles. The van der Waals surface area contributed by atoms with Crippen molar-refractivity contribution in [3.05, 3.63) is 5.01 Å². The van der Waals surface area contributed by atoms with Crippen LogP contribution in [0.4, 0.5) is 9.93 Å².